The zero-order chi connectivity index (χ0) is 17.2. The molecule has 2 rings (SSSR count). The topological polar surface area (TPSA) is 129 Å². The summed E-state index contributed by atoms with van der Waals surface area (Å²) in [6, 6.07) is 0. The van der Waals surface area contributed by atoms with Crippen molar-refractivity contribution in [1.82, 2.24) is 9.80 Å². The molecule has 0 aliphatic carbocycles. The second-order valence-electron chi connectivity index (χ2n) is 4.22. The van der Waals surface area contributed by atoms with E-state index in [1.54, 1.807) is 7.05 Å². The Hall–Kier alpha value is -1.41. The molecule has 126 valence electrons. The van der Waals surface area contributed by atoms with E-state index in [0.29, 0.717) is 16.9 Å². The zero-order valence-corrected chi connectivity index (χ0v) is 14.2. The van der Waals surface area contributed by atoms with Crippen LogP contribution in [0.1, 0.15) is 0 Å². The summed E-state index contributed by atoms with van der Waals surface area (Å²) < 4.78 is 34.5. The monoisotopic (exact) mass is 380 g/mol. The van der Waals surface area contributed by atoms with Crippen molar-refractivity contribution < 1.29 is 26.7 Å². The molecule has 2 aliphatic heterocycles. The first-order valence-corrected chi connectivity index (χ1v) is 9.25. The van der Waals surface area contributed by atoms with Gasteiger partial charge in [0.2, 0.25) is 11.3 Å². The molecular formula is C10H12N4O6S3. The maximum absolute atomic E-state index is 12.1. The Morgan fingerprint density at radius 1 is 1.43 bits per heavy atom. The molecule has 13 heteroatoms. The molecule has 2 aliphatic rings. The number of amides is 2. The largest absolute Gasteiger partial charge is 0.398 e. The fourth-order valence-electron chi connectivity index (χ4n) is 1.59. The van der Waals surface area contributed by atoms with Crippen LogP contribution >= 0.6 is 23.5 Å². The van der Waals surface area contributed by atoms with E-state index >= 15 is 0 Å². The third-order valence-corrected chi connectivity index (χ3v) is 5.23. The van der Waals surface area contributed by atoms with Gasteiger partial charge < -0.3 is 0 Å². The summed E-state index contributed by atoms with van der Waals surface area (Å²) in [6.45, 7) is 3.55. The summed E-state index contributed by atoms with van der Waals surface area (Å²) in [4.78, 5) is 25.9. The summed E-state index contributed by atoms with van der Waals surface area (Å²) in [7, 11) is -3.25. The van der Waals surface area contributed by atoms with Crippen molar-refractivity contribution in [2.75, 3.05) is 19.3 Å². The van der Waals surface area contributed by atoms with E-state index in [-0.39, 0.29) is 23.4 Å². The van der Waals surface area contributed by atoms with Gasteiger partial charge in [0.25, 0.3) is 5.91 Å². The van der Waals surface area contributed by atoms with E-state index in [1.165, 1.54) is 22.7 Å². The maximum atomic E-state index is 12.1. The molecule has 2 heterocycles. The van der Waals surface area contributed by atoms with Gasteiger partial charge in [-0.1, -0.05) is 17.8 Å². The molecule has 1 N–H and O–H groups in total. The van der Waals surface area contributed by atoms with Crippen molar-refractivity contribution in [3.05, 3.63) is 12.7 Å². The maximum Gasteiger partial charge on any atom is 0.398 e. The Labute approximate surface area is 140 Å². The highest BCUT2D eigenvalue weighted by Gasteiger charge is 2.41. The minimum atomic E-state index is -4.79. The molecule has 2 fully saturated rings. The second-order valence-corrected chi connectivity index (χ2v) is 7.24. The highest BCUT2D eigenvalue weighted by molar-refractivity contribution is 8.15. The quantitative estimate of drug-likeness (QED) is 0.392. The first-order valence-electron chi connectivity index (χ1n) is 6.02. The van der Waals surface area contributed by atoms with Crippen LogP contribution in [0.3, 0.4) is 0 Å². The standard InChI is InChI=1S/C10H12N4O6S3/c1-3-4-14-7(16)8(20-23(17,18)19)22-10(14)12-11-9-13(2)6(15)5-21-9/h3,8H,1,4-5H2,2H3,(H,17,18,19). The predicted octanol–water partition coefficient (Wildman–Crippen LogP) is -0.274. The van der Waals surface area contributed by atoms with Crippen LogP contribution in [0.25, 0.3) is 0 Å². The Bertz CT molecular complexity index is 703. The summed E-state index contributed by atoms with van der Waals surface area (Å²) in [6.07, 6.45) is 1.41. The average Bonchev–Trinajstić information content (AvgIpc) is 2.91. The van der Waals surface area contributed by atoms with Gasteiger partial charge in [-0.2, -0.15) is 8.42 Å². The number of hydrogen-bond acceptors (Lipinski definition) is 9. The van der Waals surface area contributed by atoms with Crippen LogP contribution in [-0.2, 0) is 24.2 Å². The lowest BCUT2D eigenvalue weighted by Crippen LogP contribution is -2.33. The van der Waals surface area contributed by atoms with Crippen molar-refractivity contribution in [2.45, 2.75) is 5.44 Å². The molecule has 1 unspecified atom stereocenters. The van der Waals surface area contributed by atoms with Gasteiger partial charge in [0.15, 0.2) is 10.3 Å². The van der Waals surface area contributed by atoms with Crippen LogP contribution in [0, 0.1) is 0 Å². The third kappa shape index (κ3) is 4.32. The van der Waals surface area contributed by atoms with Crippen molar-refractivity contribution in [3.63, 3.8) is 0 Å². The molecule has 0 radical (unpaired) electrons. The van der Waals surface area contributed by atoms with Gasteiger partial charge in [0.05, 0.1) is 5.75 Å². The number of amidine groups is 2. The molecule has 0 aromatic heterocycles. The van der Waals surface area contributed by atoms with Crippen molar-refractivity contribution in [2.24, 2.45) is 10.2 Å². The first-order chi connectivity index (χ1) is 10.7. The lowest BCUT2D eigenvalue weighted by atomic mass is 10.5. The molecule has 0 aromatic carbocycles. The zero-order valence-electron chi connectivity index (χ0n) is 11.8. The highest BCUT2D eigenvalue weighted by atomic mass is 32.3. The summed E-state index contributed by atoms with van der Waals surface area (Å²) in [5, 5.41) is 8.19. The molecule has 2 saturated heterocycles. The van der Waals surface area contributed by atoms with Gasteiger partial charge in [0, 0.05) is 13.6 Å². The second kappa shape index (κ2) is 7.00. The number of rotatable bonds is 5. The molecule has 2 amide bonds. The highest BCUT2D eigenvalue weighted by Crippen LogP contribution is 2.29. The van der Waals surface area contributed by atoms with E-state index in [1.807, 2.05) is 0 Å². The van der Waals surface area contributed by atoms with Crippen LogP contribution in [0.4, 0.5) is 0 Å². The van der Waals surface area contributed by atoms with Crippen LogP contribution in [0.15, 0.2) is 22.9 Å². The van der Waals surface area contributed by atoms with E-state index in [0.717, 1.165) is 4.90 Å². The van der Waals surface area contributed by atoms with Crippen LogP contribution in [-0.4, -0.2) is 69.7 Å². The lowest BCUT2D eigenvalue weighted by molar-refractivity contribution is -0.129. The van der Waals surface area contributed by atoms with Gasteiger partial charge in [-0.25, -0.2) is 4.18 Å². The van der Waals surface area contributed by atoms with E-state index < -0.39 is 21.7 Å². The number of carbonyl (C=O) groups is 2. The predicted molar refractivity (Wildman–Crippen MR) is 86.0 cm³/mol. The van der Waals surface area contributed by atoms with E-state index in [2.05, 4.69) is 21.0 Å². The molecule has 0 bridgehead atoms. The van der Waals surface area contributed by atoms with Gasteiger partial charge >= 0.3 is 10.4 Å². The van der Waals surface area contributed by atoms with Crippen molar-refractivity contribution in [1.29, 1.82) is 0 Å². The average molecular weight is 380 g/mol. The minimum Gasteiger partial charge on any atom is -0.292 e. The van der Waals surface area contributed by atoms with Crippen LogP contribution < -0.4 is 0 Å². The Kier molecular flexibility index (Phi) is 5.46. The van der Waals surface area contributed by atoms with Crippen molar-refractivity contribution in [3.8, 4) is 0 Å². The first kappa shape index (κ1) is 17.9. The van der Waals surface area contributed by atoms with Gasteiger partial charge in [0.1, 0.15) is 0 Å². The number of thioether (sulfide) groups is 2. The molecule has 10 nitrogen and oxygen atoms in total. The molecule has 0 saturated carbocycles. The molecular weight excluding hydrogens is 368 g/mol. The van der Waals surface area contributed by atoms with Crippen LogP contribution in [0.2, 0.25) is 0 Å². The fraction of sp³-hybridized carbons (Fsp3) is 0.400. The third-order valence-electron chi connectivity index (χ3n) is 2.64. The van der Waals surface area contributed by atoms with E-state index in [4.69, 9.17) is 4.55 Å². The SMILES string of the molecule is C=CCN1C(=O)C(OS(=O)(=O)O)SC1=NN=C1SCC(=O)N1C. The van der Waals surface area contributed by atoms with Gasteiger partial charge in [-0.3, -0.25) is 23.9 Å². The molecule has 23 heavy (non-hydrogen) atoms. The molecule has 0 spiro atoms. The van der Waals surface area contributed by atoms with Crippen LogP contribution in [0.5, 0.6) is 0 Å². The van der Waals surface area contributed by atoms with Gasteiger partial charge in [-0.05, 0) is 11.8 Å². The number of hydrogen-bond donors (Lipinski definition) is 1. The Balaban J connectivity index is 2.23. The smallest absolute Gasteiger partial charge is 0.292 e. The number of nitrogens with zero attached hydrogens (tertiary/aromatic N) is 4. The molecule has 1 atom stereocenters. The summed E-state index contributed by atoms with van der Waals surface area (Å²) >= 11 is 1.86. The van der Waals surface area contributed by atoms with Crippen molar-refractivity contribution >= 4 is 56.1 Å². The summed E-state index contributed by atoms with van der Waals surface area (Å²) in [5.41, 5.74) is -1.49. The normalized spacial score (nSPS) is 25.9. The Morgan fingerprint density at radius 2 is 2.09 bits per heavy atom. The fourth-order valence-corrected chi connectivity index (χ4v) is 3.98. The lowest BCUT2D eigenvalue weighted by Gasteiger charge is -2.12. The number of carbonyl (C=O) groups excluding carboxylic acids is 2. The Morgan fingerprint density at radius 3 is 2.61 bits per heavy atom. The summed E-state index contributed by atoms with van der Waals surface area (Å²) in [5.74, 6) is -0.591. The molecule has 0 aromatic rings. The minimum absolute atomic E-state index is 0.0583. The van der Waals surface area contributed by atoms with E-state index in [9.17, 15) is 18.0 Å². The van der Waals surface area contributed by atoms with Gasteiger partial charge in [-0.15, -0.1) is 16.8 Å².